The number of halogens is 3. The third kappa shape index (κ3) is 8.09. The molecule has 35 heavy (non-hydrogen) atoms. The van der Waals surface area contributed by atoms with Crippen molar-refractivity contribution < 1.29 is 22.6 Å². The summed E-state index contributed by atoms with van der Waals surface area (Å²) in [5.74, 6) is 0.902. The van der Waals surface area contributed by atoms with Gasteiger partial charge in [0.05, 0.1) is 25.0 Å². The summed E-state index contributed by atoms with van der Waals surface area (Å²) in [5.41, 5.74) is 0.751. The summed E-state index contributed by atoms with van der Waals surface area (Å²) in [5, 5.41) is 5.18. The van der Waals surface area contributed by atoms with Crippen LogP contribution in [0.2, 0.25) is 0 Å². The van der Waals surface area contributed by atoms with Gasteiger partial charge in [0, 0.05) is 29.0 Å². The van der Waals surface area contributed by atoms with Gasteiger partial charge in [-0.25, -0.2) is 15.0 Å². The van der Waals surface area contributed by atoms with Gasteiger partial charge < -0.3 is 14.8 Å². The molecule has 0 saturated heterocycles. The topological polar surface area (TPSA) is 69.2 Å². The van der Waals surface area contributed by atoms with Crippen molar-refractivity contribution in [1.82, 2.24) is 15.0 Å². The first-order valence-electron chi connectivity index (χ1n) is 11.6. The zero-order chi connectivity index (χ0) is 25.4. The summed E-state index contributed by atoms with van der Waals surface area (Å²) in [4.78, 5) is 12.5. The van der Waals surface area contributed by atoms with Gasteiger partial charge in [-0.15, -0.1) is 11.3 Å². The van der Waals surface area contributed by atoms with Crippen LogP contribution in [0.25, 0.3) is 11.3 Å². The summed E-state index contributed by atoms with van der Waals surface area (Å²) in [7, 11) is 1.47. The Labute approximate surface area is 207 Å². The smallest absolute Gasteiger partial charge is 0.420 e. The summed E-state index contributed by atoms with van der Waals surface area (Å²) >= 11 is 1.27. The maximum atomic E-state index is 13.7. The first-order chi connectivity index (χ1) is 16.7. The lowest BCUT2D eigenvalue weighted by atomic mass is 9.98. The van der Waals surface area contributed by atoms with E-state index in [2.05, 4.69) is 41.0 Å². The molecule has 1 N–H and O–H groups in total. The number of thiazole rings is 1. The number of benzene rings is 1. The van der Waals surface area contributed by atoms with E-state index in [0.717, 1.165) is 25.3 Å². The molecule has 0 fully saturated rings. The quantitative estimate of drug-likeness (QED) is 0.272. The Kier molecular flexibility index (Phi) is 9.31. The van der Waals surface area contributed by atoms with Crippen LogP contribution < -0.4 is 14.8 Å². The Hall–Kier alpha value is -2.88. The van der Waals surface area contributed by atoms with Crippen LogP contribution in [0.5, 0.6) is 11.8 Å². The normalized spacial score (nSPS) is 12.6. The second kappa shape index (κ2) is 12.2. The van der Waals surface area contributed by atoms with Gasteiger partial charge in [0.15, 0.2) is 5.13 Å². The maximum absolute atomic E-state index is 13.7. The standard InChI is InChI=1S/C25H31F3N4O2S/c1-16(2)6-5-7-17(3)10-11-34-22-9-8-19(12-20(22)25(26,27)28)31-24-32-21(15-35-24)18-13-29-23(33-4)30-14-18/h8-9,12-17H,5-7,10-11H2,1-4H3,(H,31,32). The summed E-state index contributed by atoms with van der Waals surface area (Å²) in [6.07, 6.45) is 2.66. The average molecular weight is 509 g/mol. The number of aromatic nitrogens is 3. The Bertz CT molecular complexity index is 1070. The van der Waals surface area contributed by atoms with Gasteiger partial charge in [0.25, 0.3) is 0 Å². The molecule has 1 aromatic carbocycles. The van der Waals surface area contributed by atoms with E-state index >= 15 is 0 Å². The average Bonchev–Trinajstić information content (AvgIpc) is 3.27. The highest BCUT2D eigenvalue weighted by molar-refractivity contribution is 7.14. The van der Waals surface area contributed by atoms with Crippen LogP contribution in [-0.2, 0) is 6.18 Å². The summed E-state index contributed by atoms with van der Waals surface area (Å²) < 4.78 is 51.7. The fraction of sp³-hybridized carbons (Fsp3) is 0.480. The van der Waals surface area contributed by atoms with Gasteiger partial charge in [0.2, 0.25) is 0 Å². The Morgan fingerprint density at radius 1 is 1.06 bits per heavy atom. The lowest BCUT2D eigenvalue weighted by Crippen LogP contribution is -2.11. The van der Waals surface area contributed by atoms with Crippen molar-refractivity contribution in [1.29, 1.82) is 0 Å². The Morgan fingerprint density at radius 2 is 1.80 bits per heavy atom. The minimum atomic E-state index is -4.54. The molecular weight excluding hydrogens is 477 g/mol. The highest BCUT2D eigenvalue weighted by Crippen LogP contribution is 2.39. The second-order valence-corrected chi connectivity index (χ2v) is 9.76. The lowest BCUT2D eigenvalue weighted by molar-refractivity contribution is -0.138. The number of ether oxygens (including phenoxy) is 2. The summed E-state index contributed by atoms with van der Waals surface area (Å²) in [6.45, 7) is 6.74. The van der Waals surface area contributed by atoms with Crippen LogP contribution in [-0.4, -0.2) is 28.7 Å². The molecule has 0 amide bonds. The van der Waals surface area contributed by atoms with Gasteiger partial charge in [-0.1, -0.05) is 40.0 Å². The zero-order valence-corrected chi connectivity index (χ0v) is 21.2. The Balaban J connectivity index is 1.64. The van der Waals surface area contributed by atoms with E-state index in [1.165, 1.54) is 24.5 Å². The van der Waals surface area contributed by atoms with Crippen molar-refractivity contribution in [2.45, 2.75) is 52.6 Å². The van der Waals surface area contributed by atoms with Gasteiger partial charge in [0.1, 0.15) is 5.75 Å². The molecule has 190 valence electrons. The number of anilines is 2. The number of nitrogens with zero attached hydrogens (tertiary/aromatic N) is 3. The van der Waals surface area contributed by atoms with E-state index in [4.69, 9.17) is 9.47 Å². The van der Waals surface area contributed by atoms with Crippen molar-refractivity contribution in [2.75, 3.05) is 19.0 Å². The van der Waals surface area contributed by atoms with Crippen molar-refractivity contribution >= 4 is 22.2 Å². The lowest BCUT2D eigenvalue weighted by Gasteiger charge is -2.17. The zero-order valence-electron chi connectivity index (χ0n) is 20.4. The van der Waals surface area contributed by atoms with Gasteiger partial charge in [-0.05, 0) is 36.5 Å². The van der Waals surface area contributed by atoms with Gasteiger partial charge >= 0.3 is 12.2 Å². The number of methoxy groups -OCH3 is 1. The fourth-order valence-electron chi connectivity index (χ4n) is 3.49. The molecule has 3 rings (SSSR count). The predicted octanol–water partition coefficient (Wildman–Crippen LogP) is 7.60. The van der Waals surface area contributed by atoms with E-state index in [-0.39, 0.29) is 24.1 Å². The molecule has 0 saturated carbocycles. The Morgan fingerprint density at radius 3 is 2.46 bits per heavy atom. The third-order valence-electron chi connectivity index (χ3n) is 5.49. The van der Waals surface area contributed by atoms with E-state index in [1.54, 1.807) is 23.8 Å². The predicted molar refractivity (Wildman–Crippen MR) is 132 cm³/mol. The number of rotatable bonds is 12. The van der Waals surface area contributed by atoms with E-state index in [1.807, 2.05) is 0 Å². The molecule has 2 aromatic heterocycles. The summed E-state index contributed by atoms with van der Waals surface area (Å²) in [6, 6.07) is 4.22. The number of nitrogens with one attached hydrogen (secondary N) is 1. The maximum Gasteiger partial charge on any atom is 0.420 e. The van der Waals surface area contributed by atoms with Crippen molar-refractivity contribution in [3.05, 3.63) is 41.5 Å². The highest BCUT2D eigenvalue weighted by Gasteiger charge is 2.35. The molecule has 1 atom stereocenters. The molecule has 0 aliphatic heterocycles. The fourth-order valence-corrected chi connectivity index (χ4v) is 4.23. The molecule has 0 bridgehead atoms. The minimum Gasteiger partial charge on any atom is -0.493 e. The second-order valence-electron chi connectivity index (χ2n) is 8.90. The largest absolute Gasteiger partial charge is 0.493 e. The molecule has 6 nitrogen and oxygen atoms in total. The van der Waals surface area contributed by atoms with Gasteiger partial charge in [-0.3, -0.25) is 0 Å². The first kappa shape index (κ1) is 26.7. The van der Waals surface area contributed by atoms with Crippen molar-refractivity contribution in [3.63, 3.8) is 0 Å². The number of hydrogen-bond acceptors (Lipinski definition) is 7. The molecule has 10 heteroatoms. The highest BCUT2D eigenvalue weighted by atomic mass is 32.1. The molecule has 0 aliphatic rings. The minimum absolute atomic E-state index is 0.160. The SMILES string of the molecule is COc1ncc(-c2csc(Nc3ccc(OCCC(C)CCCC(C)C)c(C(F)(F)F)c3)n2)cn1. The van der Waals surface area contributed by atoms with Crippen LogP contribution in [0.15, 0.2) is 36.0 Å². The molecule has 0 radical (unpaired) electrons. The van der Waals surface area contributed by atoms with Crippen molar-refractivity contribution in [2.24, 2.45) is 11.8 Å². The number of hydrogen-bond donors (Lipinski definition) is 1. The van der Waals surface area contributed by atoms with Crippen LogP contribution in [0.4, 0.5) is 24.0 Å². The molecule has 2 heterocycles. The molecule has 3 aromatic rings. The number of alkyl halides is 3. The van der Waals surface area contributed by atoms with E-state index < -0.39 is 11.7 Å². The van der Waals surface area contributed by atoms with E-state index in [0.29, 0.717) is 34.6 Å². The van der Waals surface area contributed by atoms with Crippen molar-refractivity contribution in [3.8, 4) is 23.0 Å². The molecule has 0 aliphatic carbocycles. The molecule has 0 spiro atoms. The van der Waals surface area contributed by atoms with Gasteiger partial charge in [-0.2, -0.15) is 13.2 Å². The monoisotopic (exact) mass is 508 g/mol. The van der Waals surface area contributed by atoms with Crippen LogP contribution in [0.3, 0.4) is 0 Å². The molecular formula is C25H31F3N4O2S. The van der Waals surface area contributed by atoms with E-state index in [9.17, 15) is 13.2 Å². The van der Waals surface area contributed by atoms with Crippen LogP contribution in [0, 0.1) is 11.8 Å². The molecule has 1 unspecified atom stereocenters. The van der Waals surface area contributed by atoms with Crippen LogP contribution in [0.1, 0.15) is 52.0 Å². The first-order valence-corrected chi connectivity index (χ1v) is 12.5. The third-order valence-corrected chi connectivity index (χ3v) is 6.25. The van der Waals surface area contributed by atoms with Crippen LogP contribution >= 0.6 is 11.3 Å².